The lowest BCUT2D eigenvalue weighted by Crippen LogP contribution is -2.07. The molecule has 4 rings (SSSR count). The Balaban J connectivity index is 1.41. The second-order valence-electron chi connectivity index (χ2n) is 7.56. The van der Waals surface area contributed by atoms with Crippen molar-refractivity contribution in [2.24, 2.45) is 0 Å². The quantitative estimate of drug-likeness (QED) is 0.104. The maximum atomic E-state index is 15.0. The van der Waals surface area contributed by atoms with Gasteiger partial charge in [0.2, 0.25) is 0 Å². The van der Waals surface area contributed by atoms with Crippen molar-refractivity contribution in [3.63, 3.8) is 0 Å². The first-order valence-electron chi connectivity index (χ1n) is 10.7. The molecule has 2 aromatic carbocycles. The first kappa shape index (κ1) is 26.2. The number of hydrogen-bond donors (Lipinski definition) is 2. The minimum Gasteiger partial charge on any atom is -0.493 e. The van der Waals surface area contributed by atoms with Gasteiger partial charge in [-0.25, -0.2) is 4.39 Å². The van der Waals surface area contributed by atoms with E-state index in [1.54, 1.807) is 24.3 Å². The molecule has 0 bridgehead atoms. The second kappa shape index (κ2) is 11.5. The van der Waals surface area contributed by atoms with Crippen LogP contribution in [0.2, 0.25) is 0 Å². The number of carbonyl (C=O) groups is 2. The van der Waals surface area contributed by atoms with Crippen LogP contribution in [-0.4, -0.2) is 55.5 Å². The summed E-state index contributed by atoms with van der Waals surface area (Å²) in [5.41, 5.74) is 0. The molecule has 0 aliphatic rings. The van der Waals surface area contributed by atoms with E-state index in [9.17, 15) is 9.59 Å². The number of aldehydes is 1. The van der Waals surface area contributed by atoms with E-state index in [4.69, 9.17) is 28.7 Å². The molecular formula is C24H22FO8PS2. The molecule has 4 aromatic rings. The maximum absolute atomic E-state index is 15.0. The zero-order chi connectivity index (χ0) is 25.8. The fourth-order valence-corrected chi connectivity index (χ4v) is 5.99. The van der Waals surface area contributed by atoms with Crippen molar-refractivity contribution in [3.8, 4) is 23.0 Å². The highest BCUT2D eigenvalue weighted by molar-refractivity contribution is 7.46. The van der Waals surface area contributed by atoms with Crippen molar-refractivity contribution in [2.45, 2.75) is 6.42 Å². The standard InChI is InChI=1S/C24H22FO8PS2/c1-30-17-9-20-13(7-22(36-20)16(27)12-34(28)29)6-18(17)32-4-3-5-33-24-19(31-2)10-21-15(23(24)25)8-14(11-26)35-21/h6-11,28-29H,3-5,12H2,1-2H3. The number of fused-ring (bicyclic) bond motifs is 2. The van der Waals surface area contributed by atoms with Gasteiger partial charge in [-0.05, 0) is 23.6 Å². The van der Waals surface area contributed by atoms with E-state index < -0.39 is 14.2 Å². The summed E-state index contributed by atoms with van der Waals surface area (Å²) in [6.07, 6.45) is 0.787. The van der Waals surface area contributed by atoms with Crippen molar-refractivity contribution in [1.29, 1.82) is 0 Å². The van der Waals surface area contributed by atoms with E-state index in [1.807, 2.05) is 0 Å². The molecule has 12 heteroatoms. The summed E-state index contributed by atoms with van der Waals surface area (Å²) in [4.78, 5) is 42.3. The summed E-state index contributed by atoms with van der Waals surface area (Å²) >= 11 is 2.41. The Labute approximate surface area is 214 Å². The van der Waals surface area contributed by atoms with Gasteiger partial charge in [-0.1, -0.05) is 0 Å². The number of carbonyl (C=O) groups excluding carboxylic acids is 2. The monoisotopic (exact) mass is 552 g/mol. The van der Waals surface area contributed by atoms with Gasteiger partial charge in [0.05, 0.1) is 43.3 Å². The zero-order valence-electron chi connectivity index (χ0n) is 19.3. The van der Waals surface area contributed by atoms with Crippen LogP contribution in [0.1, 0.15) is 25.8 Å². The first-order valence-corrected chi connectivity index (χ1v) is 13.7. The Hall–Kier alpha value is -2.82. The molecule has 0 spiro atoms. The van der Waals surface area contributed by atoms with Crippen LogP contribution < -0.4 is 18.9 Å². The van der Waals surface area contributed by atoms with Crippen LogP contribution in [0.25, 0.3) is 20.2 Å². The zero-order valence-corrected chi connectivity index (χ0v) is 21.8. The Morgan fingerprint density at radius 3 is 2.39 bits per heavy atom. The van der Waals surface area contributed by atoms with Gasteiger partial charge in [-0.15, -0.1) is 22.7 Å². The molecule has 2 N–H and O–H groups in total. The van der Waals surface area contributed by atoms with E-state index in [0.29, 0.717) is 44.0 Å². The molecule has 0 saturated heterocycles. The van der Waals surface area contributed by atoms with Crippen LogP contribution in [0.5, 0.6) is 23.0 Å². The lowest BCUT2D eigenvalue weighted by atomic mass is 10.2. The van der Waals surface area contributed by atoms with Crippen LogP contribution in [-0.2, 0) is 0 Å². The molecule has 2 aromatic heterocycles. The Morgan fingerprint density at radius 1 is 0.972 bits per heavy atom. The van der Waals surface area contributed by atoms with Crippen molar-refractivity contribution in [3.05, 3.63) is 45.9 Å². The summed E-state index contributed by atoms with van der Waals surface area (Å²) in [6, 6.07) is 8.32. The molecule has 0 saturated carbocycles. The molecule has 0 unspecified atom stereocenters. The van der Waals surface area contributed by atoms with Gasteiger partial charge in [0, 0.05) is 33.3 Å². The third-order valence-corrected chi connectivity index (χ3v) is 7.91. The number of ether oxygens (including phenoxy) is 4. The van der Waals surface area contributed by atoms with Gasteiger partial charge < -0.3 is 28.7 Å². The van der Waals surface area contributed by atoms with Crippen LogP contribution in [0.4, 0.5) is 4.39 Å². The topological polar surface area (TPSA) is 112 Å². The van der Waals surface area contributed by atoms with E-state index >= 15 is 4.39 Å². The van der Waals surface area contributed by atoms with Crippen molar-refractivity contribution in [2.75, 3.05) is 33.6 Å². The molecule has 2 heterocycles. The van der Waals surface area contributed by atoms with Crippen LogP contribution >= 0.6 is 31.0 Å². The highest BCUT2D eigenvalue weighted by Crippen LogP contribution is 2.40. The number of hydrogen-bond acceptors (Lipinski definition) is 10. The first-order chi connectivity index (χ1) is 17.3. The van der Waals surface area contributed by atoms with Gasteiger partial charge in [0.15, 0.2) is 49.3 Å². The van der Waals surface area contributed by atoms with Gasteiger partial charge >= 0.3 is 0 Å². The third kappa shape index (κ3) is 5.61. The average molecular weight is 553 g/mol. The molecule has 0 radical (unpaired) electrons. The lowest BCUT2D eigenvalue weighted by Gasteiger charge is -2.13. The molecular weight excluding hydrogens is 530 g/mol. The number of methoxy groups -OCH3 is 2. The Kier molecular flexibility index (Phi) is 8.38. The third-order valence-electron chi connectivity index (χ3n) is 5.19. The fraction of sp³-hybridized carbons (Fsp3) is 0.250. The molecule has 0 amide bonds. The fourth-order valence-electron chi connectivity index (χ4n) is 3.54. The number of benzene rings is 2. The van der Waals surface area contributed by atoms with E-state index in [0.717, 1.165) is 10.1 Å². The largest absolute Gasteiger partial charge is 0.493 e. The molecule has 190 valence electrons. The minimum atomic E-state index is -2.30. The number of ketones is 1. The lowest BCUT2D eigenvalue weighted by molar-refractivity contribution is 0.102. The second-order valence-corrected chi connectivity index (χ2v) is 10.8. The van der Waals surface area contributed by atoms with E-state index in [-0.39, 0.29) is 36.7 Å². The Morgan fingerprint density at radius 2 is 1.69 bits per heavy atom. The van der Waals surface area contributed by atoms with Crippen molar-refractivity contribution >= 4 is 63.3 Å². The van der Waals surface area contributed by atoms with E-state index in [2.05, 4.69) is 0 Å². The molecule has 0 atom stereocenters. The molecule has 0 aliphatic heterocycles. The summed E-state index contributed by atoms with van der Waals surface area (Å²) in [7, 11) is 0.627. The summed E-state index contributed by atoms with van der Waals surface area (Å²) in [6.45, 7) is 0.396. The molecule has 0 aliphatic carbocycles. The minimum absolute atomic E-state index is 0.0239. The number of thiophene rings is 2. The maximum Gasteiger partial charge on any atom is 0.197 e. The van der Waals surface area contributed by atoms with Crippen LogP contribution in [0.15, 0.2) is 30.3 Å². The van der Waals surface area contributed by atoms with Gasteiger partial charge in [0.25, 0.3) is 0 Å². The average Bonchev–Trinajstić information content (AvgIpc) is 3.47. The molecule has 8 nitrogen and oxygen atoms in total. The number of Topliss-reactive ketones (excluding diaryl/α,β-unsaturated/α-hetero) is 1. The summed E-state index contributed by atoms with van der Waals surface area (Å²) < 4.78 is 38.6. The van der Waals surface area contributed by atoms with Gasteiger partial charge in [-0.2, -0.15) is 0 Å². The summed E-state index contributed by atoms with van der Waals surface area (Å²) in [5, 5.41) is 1.07. The normalized spacial score (nSPS) is 11.3. The van der Waals surface area contributed by atoms with Gasteiger partial charge in [-0.3, -0.25) is 9.59 Å². The van der Waals surface area contributed by atoms with Crippen LogP contribution in [0, 0.1) is 5.82 Å². The molecule has 36 heavy (non-hydrogen) atoms. The highest BCUT2D eigenvalue weighted by Gasteiger charge is 2.19. The number of halogens is 1. The SMILES string of the molecule is COc1cc2sc(C(=O)CP(O)O)cc2cc1OCCCOc1c(OC)cc2sc(C=O)cc2c1F. The predicted octanol–water partition coefficient (Wildman–Crippen LogP) is 5.41. The van der Waals surface area contributed by atoms with Gasteiger partial charge in [0.1, 0.15) is 0 Å². The predicted molar refractivity (Wildman–Crippen MR) is 138 cm³/mol. The molecule has 0 fully saturated rings. The highest BCUT2D eigenvalue weighted by atomic mass is 32.1. The Bertz CT molecular complexity index is 1410. The van der Waals surface area contributed by atoms with Crippen molar-refractivity contribution in [1.82, 2.24) is 0 Å². The number of rotatable bonds is 12. The smallest absolute Gasteiger partial charge is 0.197 e. The van der Waals surface area contributed by atoms with Crippen LogP contribution in [0.3, 0.4) is 0 Å². The van der Waals surface area contributed by atoms with E-state index in [1.165, 1.54) is 43.0 Å². The summed E-state index contributed by atoms with van der Waals surface area (Å²) in [5.74, 6) is 0.251. The van der Waals surface area contributed by atoms with Crippen molar-refractivity contribution < 1.29 is 42.7 Å².